The average Bonchev–Trinajstić information content (AvgIpc) is 2.57. The van der Waals surface area contributed by atoms with E-state index < -0.39 is 0 Å². The van der Waals surface area contributed by atoms with Gasteiger partial charge in [0.25, 0.3) is 0 Å². The van der Waals surface area contributed by atoms with Crippen molar-refractivity contribution in [2.24, 2.45) is 0 Å². The van der Waals surface area contributed by atoms with Gasteiger partial charge in [-0.3, -0.25) is 4.90 Å². The van der Waals surface area contributed by atoms with E-state index >= 15 is 0 Å². The van der Waals surface area contributed by atoms with Crippen molar-refractivity contribution in [2.75, 3.05) is 13.6 Å². The number of hydrogen-bond donors (Lipinski definition) is 1. The minimum atomic E-state index is -0.0825. The number of aromatic nitrogens is 3. The molecule has 0 amide bonds. The molecule has 0 aliphatic rings. The summed E-state index contributed by atoms with van der Waals surface area (Å²) in [5.74, 6) is 0.630. The summed E-state index contributed by atoms with van der Waals surface area (Å²) in [7, 11) is 1.99. The van der Waals surface area contributed by atoms with Crippen molar-refractivity contribution in [1.82, 2.24) is 19.2 Å². The van der Waals surface area contributed by atoms with Gasteiger partial charge >= 0.3 is 0 Å². The van der Waals surface area contributed by atoms with Crippen molar-refractivity contribution < 1.29 is 5.11 Å². The normalized spacial score (nSPS) is 11.2. The number of likely N-dealkylation sites (N-methyl/N-ethyl adjacent to an activating group) is 1. The Morgan fingerprint density at radius 1 is 1.56 bits per heavy atom. The van der Waals surface area contributed by atoms with Gasteiger partial charge in [-0.05, 0) is 32.6 Å². The van der Waals surface area contributed by atoms with Crippen molar-refractivity contribution in [3.8, 4) is 0 Å². The molecule has 0 unspecified atom stereocenters. The molecular formula is C12H22N4OS. The highest BCUT2D eigenvalue weighted by molar-refractivity contribution is 7.71. The Kier molecular flexibility index (Phi) is 5.71. The first kappa shape index (κ1) is 15.1. The van der Waals surface area contributed by atoms with E-state index in [9.17, 15) is 5.11 Å². The van der Waals surface area contributed by atoms with E-state index in [-0.39, 0.29) is 6.61 Å². The number of hydrogen-bond acceptors (Lipinski definition) is 4. The van der Waals surface area contributed by atoms with E-state index in [4.69, 9.17) is 12.2 Å². The lowest BCUT2D eigenvalue weighted by Crippen LogP contribution is -2.24. The van der Waals surface area contributed by atoms with Crippen LogP contribution in [0.2, 0.25) is 0 Å². The predicted molar refractivity (Wildman–Crippen MR) is 74.7 cm³/mol. The molecule has 1 aromatic rings. The molecule has 0 atom stereocenters. The zero-order valence-electron chi connectivity index (χ0n) is 11.4. The second kappa shape index (κ2) is 6.82. The highest BCUT2D eigenvalue weighted by Crippen LogP contribution is 2.05. The zero-order chi connectivity index (χ0) is 13.7. The number of aliphatic hydroxyl groups is 1. The summed E-state index contributed by atoms with van der Waals surface area (Å²) in [4.78, 5) is 2.09. The van der Waals surface area contributed by atoms with Crippen LogP contribution in [0.5, 0.6) is 0 Å². The maximum absolute atomic E-state index is 9.29. The molecular weight excluding hydrogens is 248 g/mol. The van der Waals surface area contributed by atoms with Gasteiger partial charge in [-0.25, -0.2) is 4.68 Å². The minimum Gasteiger partial charge on any atom is -0.388 e. The van der Waals surface area contributed by atoms with E-state index in [0.717, 1.165) is 25.1 Å². The molecule has 0 fully saturated rings. The van der Waals surface area contributed by atoms with Crippen molar-refractivity contribution in [1.29, 1.82) is 0 Å². The van der Waals surface area contributed by atoms with Gasteiger partial charge in [0.1, 0.15) is 6.61 Å². The number of aliphatic hydroxyl groups excluding tert-OH is 1. The fourth-order valence-corrected chi connectivity index (χ4v) is 2.18. The molecule has 1 heterocycles. The van der Waals surface area contributed by atoms with Crippen molar-refractivity contribution in [2.45, 2.75) is 40.1 Å². The summed E-state index contributed by atoms with van der Waals surface area (Å²) in [6.45, 7) is 10.1. The minimum absolute atomic E-state index is 0.0825. The summed E-state index contributed by atoms with van der Waals surface area (Å²) in [6.07, 6.45) is 0.967. The average molecular weight is 270 g/mol. The maximum Gasteiger partial charge on any atom is 0.199 e. The monoisotopic (exact) mass is 270 g/mol. The lowest BCUT2D eigenvalue weighted by molar-refractivity contribution is 0.254. The first-order chi connectivity index (χ1) is 8.49. The van der Waals surface area contributed by atoms with E-state index in [1.54, 1.807) is 4.68 Å². The van der Waals surface area contributed by atoms with E-state index in [1.165, 1.54) is 0 Å². The first-order valence-electron chi connectivity index (χ1n) is 6.09. The summed E-state index contributed by atoms with van der Waals surface area (Å²) in [5.41, 5.74) is 1.10. The molecule has 1 N–H and O–H groups in total. The van der Waals surface area contributed by atoms with E-state index in [2.05, 4.69) is 23.5 Å². The molecule has 5 nitrogen and oxygen atoms in total. The van der Waals surface area contributed by atoms with Crippen LogP contribution >= 0.6 is 12.2 Å². The van der Waals surface area contributed by atoms with Crippen molar-refractivity contribution in [3.05, 3.63) is 22.7 Å². The largest absolute Gasteiger partial charge is 0.388 e. The Bertz CT molecular complexity index is 463. The fraction of sp³-hybridized carbons (Fsp3) is 0.667. The smallest absolute Gasteiger partial charge is 0.199 e. The Hall–Kier alpha value is -0.980. The Morgan fingerprint density at radius 3 is 2.72 bits per heavy atom. The predicted octanol–water partition coefficient (Wildman–Crippen LogP) is 1.78. The molecule has 0 bridgehead atoms. The standard InChI is InChI=1S/C12H22N4OS/c1-5-6-15-11(8-17)13-16(12(15)18)9-14(4)7-10(2)3/h17H,2,5-9H2,1,3-4H3. The molecule has 6 heteroatoms. The molecule has 0 saturated carbocycles. The second-order valence-corrected chi connectivity index (χ2v) is 4.99. The Balaban J connectivity index is 2.90. The summed E-state index contributed by atoms with van der Waals surface area (Å²) in [5, 5.41) is 13.6. The lowest BCUT2D eigenvalue weighted by Gasteiger charge is -2.15. The highest BCUT2D eigenvalue weighted by Gasteiger charge is 2.10. The third-order valence-electron chi connectivity index (χ3n) is 2.50. The van der Waals surface area contributed by atoms with Crippen LogP contribution in [0, 0.1) is 4.77 Å². The van der Waals surface area contributed by atoms with Crippen LogP contribution in [0.3, 0.4) is 0 Å². The van der Waals surface area contributed by atoms with Crippen molar-refractivity contribution in [3.63, 3.8) is 0 Å². The second-order valence-electron chi connectivity index (χ2n) is 4.62. The van der Waals surface area contributed by atoms with Gasteiger partial charge in [0.2, 0.25) is 0 Å². The van der Waals surface area contributed by atoms with Gasteiger partial charge in [0, 0.05) is 13.1 Å². The zero-order valence-corrected chi connectivity index (χ0v) is 12.2. The quantitative estimate of drug-likeness (QED) is 0.606. The van der Waals surface area contributed by atoms with Crippen LogP contribution in [0.1, 0.15) is 26.1 Å². The Labute approximate surface area is 113 Å². The van der Waals surface area contributed by atoms with Crippen LogP contribution in [0.4, 0.5) is 0 Å². The molecule has 0 spiro atoms. The molecule has 18 heavy (non-hydrogen) atoms. The van der Waals surface area contributed by atoms with Gasteiger partial charge < -0.3 is 9.67 Å². The van der Waals surface area contributed by atoms with Crippen LogP contribution in [0.15, 0.2) is 12.2 Å². The van der Waals surface area contributed by atoms with Crippen LogP contribution < -0.4 is 0 Å². The Morgan fingerprint density at radius 2 is 2.22 bits per heavy atom. The third-order valence-corrected chi connectivity index (χ3v) is 2.93. The topological polar surface area (TPSA) is 46.2 Å². The van der Waals surface area contributed by atoms with E-state index in [0.29, 0.717) is 17.3 Å². The molecule has 1 aromatic heterocycles. The maximum atomic E-state index is 9.29. The van der Waals surface area contributed by atoms with Gasteiger partial charge in [0.15, 0.2) is 10.6 Å². The number of rotatable bonds is 7. The summed E-state index contributed by atoms with van der Waals surface area (Å²) >= 11 is 5.38. The van der Waals surface area contributed by atoms with Crippen molar-refractivity contribution >= 4 is 12.2 Å². The molecule has 0 radical (unpaired) electrons. The van der Waals surface area contributed by atoms with Gasteiger partial charge in [-0.2, -0.15) is 5.10 Å². The third kappa shape index (κ3) is 3.76. The molecule has 0 saturated heterocycles. The van der Waals surface area contributed by atoms with Gasteiger partial charge in [0.05, 0.1) is 6.67 Å². The summed E-state index contributed by atoms with van der Waals surface area (Å²) in [6, 6.07) is 0. The fourth-order valence-electron chi connectivity index (χ4n) is 1.88. The van der Waals surface area contributed by atoms with Crippen LogP contribution in [0.25, 0.3) is 0 Å². The highest BCUT2D eigenvalue weighted by atomic mass is 32.1. The molecule has 0 aliphatic heterocycles. The molecule has 0 aliphatic carbocycles. The van der Waals surface area contributed by atoms with Gasteiger partial charge in [-0.1, -0.05) is 19.1 Å². The lowest BCUT2D eigenvalue weighted by atomic mass is 10.3. The van der Waals surface area contributed by atoms with Crippen LogP contribution in [-0.2, 0) is 19.8 Å². The van der Waals surface area contributed by atoms with E-state index in [1.807, 2.05) is 18.5 Å². The summed E-state index contributed by atoms with van der Waals surface area (Å²) < 4.78 is 4.30. The van der Waals surface area contributed by atoms with Gasteiger partial charge in [-0.15, -0.1) is 0 Å². The first-order valence-corrected chi connectivity index (χ1v) is 6.50. The number of nitrogens with zero attached hydrogens (tertiary/aromatic N) is 4. The molecule has 102 valence electrons. The molecule has 0 aromatic carbocycles. The molecule has 1 rings (SSSR count). The SMILES string of the molecule is C=C(C)CN(C)Cn1nc(CO)n(CCC)c1=S. The van der Waals surface area contributed by atoms with Crippen LogP contribution in [-0.4, -0.2) is 37.9 Å².